The number of unbranched alkanes of at least 4 members (excludes halogenated alkanes) is 1. The summed E-state index contributed by atoms with van der Waals surface area (Å²) in [6.07, 6.45) is 2.32. The summed E-state index contributed by atoms with van der Waals surface area (Å²) in [5.74, 6) is 0.783. The zero-order valence-corrected chi connectivity index (χ0v) is 20.8. The summed E-state index contributed by atoms with van der Waals surface area (Å²) in [7, 11) is 0. The van der Waals surface area contributed by atoms with Gasteiger partial charge in [-0.2, -0.15) is 0 Å². The van der Waals surface area contributed by atoms with Crippen LogP contribution in [0.1, 0.15) is 38.5 Å². The van der Waals surface area contributed by atoms with Crippen LogP contribution < -0.4 is 10.6 Å². The van der Waals surface area contributed by atoms with Gasteiger partial charge in [-0.3, -0.25) is 0 Å². The van der Waals surface area contributed by atoms with Gasteiger partial charge < -0.3 is 25.5 Å². The lowest BCUT2D eigenvalue weighted by atomic mass is 10.1. The van der Waals surface area contributed by atoms with E-state index in [1.165, 1.54) is 45.7 Å². The highest BCUT2D eigenvalue weighted by Gasteiger charge is 2.24. The van der Waals surface area contributed by atoms with Crippen molar-refractivity contribution < 1.29 is 5.11 Å². The van der Waals surface area contributed by atoms with E-state index in [2.05, 4.69) is 39.3 Å². The smallest absolute Gasteiger partial charge is 0.191 e. The van der Waals surface area contributed by atoms with Crippen molar-refractivity contribution in [1.29, 1.82) is 0 Å². The van der Waals surface area contributed by atoms with Crippen LogP contribution >= 0.6 is 35.3 Å². The number of guanidine groups is 1. The number of aliphatic imine (C=N–C) groups is 1. The number of likely N-dealkylation sites (N-methyl/N-ethyl adjacent to an activating group) is 1. The molecule has 2 heterocycles. The second kappa shape index (κ2) is 13.7. The second-order valence-corrected chi connectivity index (χ2v) is 8.30. The second-order valence-electron chi connectivity index (χ2n) is 7.36. The Morgan fingerprint density at radius 1 is 1.18 bits per heavy atom. The molecule has 0 aromatic carbocycles. The van der Waals surface area contributed by atoms with E-state index in [1.54, 1.807) is 11.3 Å². The molecule has 1 aromatic heterocycles. The SMILES string of the molecule is CCNC(=NCC(C)(O)c1cccs1)NCCCCN1CCN(CC)CC1.I. The molecule has 0 radical (unpaired) electrons. The van der Waals surface area contributed by atoms with Gasteiger partial charge in [0.2, 0.25) is 0 Å². The minimum absolute atomic E-state index is 0. The molecule has 1 unspecified atom stereocenters. The van der Waals surface area contributed by atoms with E-state index in [0.717, 1.165) is 30.3 Å². The highest BCUT2D eigenvalue weighted by molar-refractivity contribution is 14.0. The molecule has 1 saturated heterocycles. The van der Waals surface area contributed by atoms with Crippen LogP contribution in [0.2, 0.25) is 0 Å². The van der Waals surface area contributed by atoms with Gasteiger partial charge in [-0.1, -0.05) is 13.0 Å². The summed E-state index contributed by atoms with van der Waals surface area (Å²) >= 11 is 1.57. The summed E-state index contributed by atoms with van der Waals surface area (Å²) < 4.78 is 0. The minimum atomic E-state index is -0.919. The topological polar surface area (TPSA) is 63.1 Å². The zero-order valence-electron chi connectivity index (χ0n) is 17.6. The van der Waals surface area contributed by atoms with Crippen LogP contribution in [-0.2, 0) is 5.60 Å². The lowest BCUT2D eigenvalue weighted by molar-refractivity contribution is 0.0711. The van der Waals surface area contributed by atoms with Crippen LogP contribution in [0.5, 0.6) is 0 Å². The van der Waals surface area contributed by atoms with Gasteiger partial charge >= 0.3 is 0 Å². The largest absolute Gasteiger partial charge is 0.383 e. The first-order valence-electron chi connectivity index (χ1n) is 10.3. The molecular formula is C20H38IN5OS. The van der Waals surface area contributed by atoms with Crippen LogP contribution in [0.3, 0.4) is 0 Å². The summed E-state index contributed by atoms with van der Waals surface area (Å²) in [6.45, 7) is 15.3. The maximum atomic E-state index is 10.6. The molecule has 1 aliphatic rings. The van der Waals surface area contributed by atoms with E-state index >= 15 is 0 Å². The summed E-state index contributed by atoms with van der Waals surface area (Å²) in [6, 6.07) is 3.92. The molecule has 8 heteroatoms. The van der Waals surface area contributed by atoms with Crippen molar-refractivity contribution in [3.63, 3.8) is 0 Å². The highest BCUT2D eigenvalue weighted by Crippen LogP contribution is 2.25. The summed E-state index contributed by atoms with van der Waals surface area (Å²) in [4.78, 5) is 10.6. The molecule has 1 fully saturated rings. The molecule has 0 amide bonds. The lowest BCUT2D eigenvalue weighted by Gasteiger charge is -2.34. The molecule has 1 aliphatic heterocycles. The van der Waals surface area contributed by atoms with Crippen LogP contribution in [0, 0.1) is 0 Å². The Morgan fingerprint density at radius 2 is 1.89 bits per heavy atom. The Kier molecular flexibility index (Phi) is 12.6. The number of piperazine rings is 1. The maximum Gasteiger partial charge on any atom is 0.191 e. The van der Waals surface area contributed by atoms with Crippen molar-refractivity contribution in [3.8, 4) is 0 Å². The molecule has 0 saturated carbocycles. The number of nitrogens with one attached hydrogen (secondary N) is 2. The quantitative estimate of drug-likeness (QED) is 0.191. The molecule has 0 bridgehead atoms. The van der Waals surface area contributed by atoms with Crippen LogP contribution in [-0.4, -0.2) is 79.8 Å². The third-order valence-electron chi connectivity index (χ3n) is 5.05. The average Bonchev–Trinajstić information content (AvgIpc) is 3.22. The monoisotopic (exact) mass is 523 g/mol. The number of hydrogen-bond acceptors (Lipinski definition) is 5. The number of rotatable bonds is 10. The first-order chi connectivity index (χ1) is 13.0. The third kappa shape index (κ3) is 8.94. The number of thiophene rings is 1. The van der Waals surface area contributed by atoms with Crippen LogP contribution in [0.15, 0.2) is 22.5 Å². The van der Waals surface area contributed by atoms with Gasteiger partial charge in [0.05, 0.1) is 6.54 Å². The molecule has 162 valence electrons. The fourth-order valence-corrected chi connectivity index (χ4v) is 4.01. The molecule has 2 rings (SSSR count). The van der Waals surface area contributed by atoms with Gasteiger partial charge in [0.15, 0.2) is 5.96 Å². The zero-order chi connectivity index (χ0) is 19.5. The summed E-state index contributed by atoms with van der Waals surface area (Å²) in [5, 5.41) is 19.3. The van der Waals surface area contributed by atoms with Crippen LogP contribution in [0.4, 0.5) is 0 Å². The van der Waals surface area contributed by atoms with E-state index in [4.69, 9.17) is 0 Å². The molecule has 0 aliphatic carbocycles. The molecular weight excluding hydrogens is 485 g/mol. The van der Waals surface area contributed by atoms with Crippen molar-refractivity contribution >= 4 is 41.3 Å². The van der Waals surface area contributed by atoms with Crippen molar-refractivity contribution in [2.45, 2.75) is 39.2 Å². The predicted octanol–water partition coefficient (Wildman–Crippen LogP) is 2.55. The standard InChI is InChI=1S/C20H37N5OS.HI/c1-4-21-19(23-17-20(3,26)18-9-8-16-27-18)22-10-6-7-11-25-14-12-24(5-2)13-15-25;/h8-9,16,26H,4-7,10-15,17H2,1-3H3,(H2,21,22,23);1H. The van der Waals surface area contributed by atoms with Gasteiger partial charge in [0.25, 0.3) is 0 Å². The number of halogens is 1. The van der Waals surface area contributed by atoms with Crippen molar-refractivity contribution in [3.05, 3.63) is 22.4 Å². The maximum absolute atomic E-state index is 10.6. The van der Waals surface area contributed by atoms with Gasteiger partial charge in [-0.05, 0) is 51.2 Å². The van der Waals surface area contributed by atoms with E-state index in [0.29, 0.717) is 6.54 Å². The van der Waals surface area contributed by atoms with E-state index in [9.17, 15) is 5.11 Å². The highest BCUT2D eigenvalue weighted by atomic mass is 127. The fraction of sp³-hybridized carbons (Fsp3) is 0.750. The molecule has 28 heavy (non-hydrogen) atoms. The number of nitrogens with zero attached hydrogens (tertiary/aromatic N) is 3. The van der Waals surface area contributed by atoms with Crippen molar-refractivity contribution in [2.75, 3.05) is 58.9 Å². The van der Waals surface area contributed by atoms with E-state index < -0.39 is 5.60 Å². The van der Waals surface area contributed by atoms with Crippen molar-refractivity contribution in [2.24, 2.45) is 4.99 Å². The first kappa shape index (κ1) is 25.6. The third-order valence-corrected chi connectivity index (χ3v) is 6.17. The normalized spacial score (nSPS) is 18.4. The first-order valence-corrected chi connectivity index (χ1v) is 11.2. The molecule has 3 N–H and O–H groups in total. The molecule has 1 atom stereocenters. The van der Waals surface area contributed by atoms with E-state index in [-0.39, 0.29) is 24.0 Å². The number of aliphatic hydroxyl groups is 1. The van der Waals surface area contributed by atoms with Crippen LogP contribution in [0.25, 0.3) is 0 Å². The van der Waals surface area contributed by atoms with Crippen molar-refractivity contribution in [1.82, 2.24) is 20.4 Å². The van der Waals surface area contributed by atoms with Gasteiger partial charge in [-0.15, -0.1) is 35.3 Å². The summed E-state index contributed by atoms with van der Waals surface area (Å²) in [5.41, 5.74) is -0.919. The number of hydrogen-bond donors (Lipinski definition) is 3. The van der Waals surface area contributed by atoms with Gasteiger partial charge in [0, 0.05) is 44.1 Å². The fourth-order valence-electron chi connectivity index (χ4n) is 3.23. The lowest BCUT2D eigenvalue weighted by Crippen LogP contribution is -2.46. The van der Waals surface area contributed by atoms with Gasteiger partial charge in [-0.25, -0.2) is 4.99 Å². The molecule has 0 spiro atoms. The molecule has 6 nitrogen and oxygen atoms in total. The Morgan fingerprint density at radius 3 is 2.50 bits per heavy atom. The predicted molar refractivity (Wildman–Crippen MR) is 131 cm³/mol. The Balaban J connectivity index is 0.00000392. The van der Waals surface area contributed by atoms with E-state index in [1.807, 2.05) is 24.4 Å². The molecule has 1 aromatic rings. The average molecular weight is 524 g/mol. The Hall–Kier alpha value is -0.420. The Bertz CT molecular complexity index is 545. The Labute approximate surface area is 191 Å². The minimum Gasteiger partial charge on any atom is -0.383 e. The van der Waals surface area contributed by atoms with Gasteiger partial charge in [0.1, 0.15) is 5.60 Å².